The van der Waals surface area contributed by atoms with Gasteiger partial charge in [0.2, 0.25) is 5.82 Å². The maximum atomic E-state index is 11.1. The highest BCUT2D eigenvalue weighted by Crippen LogP contribution is 2.31. The largest absolute Gasteiger partial charge is 0.476 e. The van der Waals surface area contributed by atoms with Crippen molar-refractivity contribution in [3.8, 4) is 5.88 Å². The van der Waals surface area contributed by atoms with Crippen LogP contribution in [0.3, 0.4) is 0 Å². The number of rotatable bonds is 9. The minimum atomic E-state index is -0.544. The van der Waals surface area contributed by atoms with Crippen LogP contribution >= 0.6 is 0 Å². The smallest absolute Gasteiger partial charge is 0.372 e. The first-order valence-corrected chi connectivity index (χ1v) is 6.46. The van der Waals surface area contributed by atoms with E-state index >= 15 is 0 Å². The molecular weight excluding hydrogens is 264 g/mol. The summed E-state index contributed by atoms with van der Waals surface area (Å²) < 4.78 is 9.92. The zero-order valence-corrected chi connectivity index (χ0v) is 12.0. The fourth-order valence-electron chi connectivity index (χ4n) is 1.68. The van der Waals surface area contributed by atoms with E-state index in [0.29, 0.717) is 12.4 Å². The van der Waals surface area contributed by atoms with Gasteiger partial charge in [-0.15, -0.1) is 0 Å². The third-order valence-corrected chi connectivity index (χ3v) is 2.62. The Morgan fingerprint density at radius 3 is 2.60 bits per heavy atom. The van der Waals surface area contributed by atoms with E-state index in [1.54, 1.807) is 0 Å². The van der Waals surface area contributed by atoms with Crippen molar-refractivity contribution in [2.75, 3.05) is 26.1 Å². The average molecular weight is 284 g/mol. The molecule has 112 valence electrons. The predicted octanol–water partition coefficient (Wildman–Crippen LogP) is 2.14. The quantitative estimate of drug-likeness (QED) is 0.421. The van der Waals surface area contributed by atoms with Crippen molar-refractivity contribution in [3.05, 3.63) is 15.9 Å². The monoisotopic (exact) mass is 284 g/mol. The van der Waals surface area contributed by atoms with Gasteiger partial charge in [0.1, 0.15) is 6.61 Å². The van der Waals surface area contributed by atoms with E-state index in [1.165, 1.54) is 14.2 Å². The summed E-state index contributed by atoms with van der Waals surface area (Å²) in [5.41, 5.74) is -0.246. The van der Waals surface area contributed by atoms with Crippen molar-refractivity contribution in [1.29, 1.82) is 0 Å². The summed E-state index contributed by atoms with van der Waals surface area (Å²) >= 11 is 0. The maximum Gasteiger partial charge on any atom is 0.372 e. The van der Waals surface area contributed by atoms with E-state index in [1.807, 2.05) is 0 Å². The number of aromatic nitrogens is 2. The Labute approximate surface area is 117 Å². The lowest BCUT2D eigenvalue weighted by Crippen LogP contribution is -2.11. The minimum absolute atomic E-state index is 0.0601. The molecule has 1 aromatic heterocycles. The van der Waals surface area contributed by atoms with Crippen LogP contribution in [0.25, 0.3) is 0 Å². The lowest BCUT2D eigenvalue weighted by atomic mass is 10.2. The van der Waals surface area contributed by atoms with Crippen molar-refractivity contribution >= 4 is 11.5 Å². The van der Waals surface area contributed by atoms with Crippen molar-refractivity contribution in [2.24, 2.45) is 0 Å². The van der Waals surface area contributed by atoms with Gasteiger partial charge in [-0.3, -0.25) is 10.1 Å². The molecule has 0 fully saturated rings. The molecule has 0 unspecified atom stereocenters. The van der Waals surface area contributed by atoms with E-state index in [-0.39, 0.29) is 24.0 Å². The van der Waals surface area contributed by atoms with Crippen molar-refractivity contribution in [1.82, 2.24) is 9.97 Å². The molecule has 0 spiro atoms. The Hall–Kier alpha value is -1.96. The number of hydrogen-bond donors (Lipinski definition) is 1. The summed E-state index contributed by atoms with van der Waals surface area (Å²) in [6.45, 7) is 2.87. The van der Waals surface area contributed by atoms with Gasteiger partial charge in [-0.1, -0.05) is 19.8 Å². The van der Waals surface area contributed by atoms with Gasteiger partial charge in [-0.25, -0.2) is 4.98 Å². The Kier molecular flexibility index (Phi) is 6.65. The van der Waals surface area contributed by atoms with Gasteiger partial charge in [-0.05, 0) is 6.42 Å². The van der Waals surface area contributed by atoms with E-state index in [2.05, 4.69) is 22.2 Å². The molecule has 0 aliphatic rings. The lowest BCUT2D eigenvalue weighted by Gasteiger charge is -2.10. The standard InChI is InChI=1S/C12H20N4O4/c1-4-5-6-7-13-11-10(16(17)18)12(20-3)15-9(14-11)8-19-2/h4-8H2,1-3H3,(H,13,14,15). The number of anilines is 1. The summed E-state index contributed by atoms with van der Waals surface area (Å²) in [5, 5.41) is 14.1. The molecule has 0 radical (unpaired) electrons. The van der Waals surface area contributed by atoms with Crippen LogP contribution in [0, 0.1) is 10.1 Å². The second-order valence-corrected chi connectivity index (χ2v) is 4.17. The van der Waals surface area contributed by atoms with Gasteiger partial charge in [0.05, 0.1) is 12.0 Å². The summed E-state index contributed by atoms with van der Waals surface area (Å²) in [7, 11) is 2.85. The van der Waals surface area contributed by atoms with E-state index in [0.717, 1.165) is 19.3 Å². The molecular formula is C12H20N4O4. The molecule has 0 aliphatic carbocycles. The molecule has 0 aromatic carbocycles. The third kappa shape index (κ3) is 4.30. The molecule has 8 heteroatoms. The molecule has 20 heavy (non-hydrogen) atoms. The van der Waals surface area contributed by atoms with Gasteiger partial charge < -0.3 is 14.8 Å². The van der Waals surface area contributed by atoms with Crippen molar-refractivity contribution < 1.29 is 14.4 Å². The Balaban J connectivity index is 3.02. The van der Waals surface area contributed by atoms with Crippen LogP contribution in [0.1, 0.15) is 32.0 Å². The molecule has 0 aliphatic heterocycles. The maximum absolute atomic E-state index is 11.1. The molecule has 0 atom stereocenters. The summed E-state index contributed by atoms with van der Waals surface area (Å²) in [6.07, 6.45) is 3.04. The lowest BCUT2D eigenvalue weighted by molar-refractivity contribution is -0.385. The molecule has 1 rings (SSSR count). The van der Waals surface area contributed by atoms with E-state index < -0.39 is 4.92 Å². The van der Waals surface area contributed by atoms with Crippen LogP contribution in [-0.2, 0) is 11.3 Å². The molecule has 1 heterocycles. The number of nitrogens with one attached hydrogen (secondary N) is 1. The SMILES string of the molecule is CCCCCNc1nc(COC)nc(OC)c1[N+](=O)[O-]. The Bertz CT molecular complexity index is 453. The fourth-order valence-corrected chi connectivity index (χ4v) is 1.68. The zero-order chi connectivity index (χ0) is 15.0. The average Bonchev–Trinajstić information content (AvgIpc) is 2.43. The van der Waals surface area contributed by atoms with Gasteiger partial charge in [0.15, 0.2) is 5.82 Å². The fraction of sp³-hybridized carbons (Fsp3) is 0.667. The second-order valence-electron chi connectivity index (χ2n) is 4.17. The first-order chi connectivity index (χ1) is 9.63. The number of ether oxygens (including phenoxy) is 2. The Morgan fingerprint density at radius 1 is 1.30 bits per heavy atom. The number of nitro groups is 1. The van der Waals surface area contributed by atoms with Crippen LogP contribution in [0.4, 0.5) is 11.5 Å². The molecule has 0 bridgehead atoms. The van der Waals surface area contributed by atoms with Gasteiger partial charge >= 0.3 is 5.69 Å². The van der Waals surface area contributed by atoms with Crippen LogP contribution in [0.2, 0.25) is 0 Å². The van der Waals surface area contributed by atoms with Crippen molar-refractivity contribution in [3.63, 3.8) is 0 Å². The number of methoxy groups -OCH3 is 2. The summed E-state index contributed by atoms with van der Waals surface area (Å²) in [6, 6.07) is 0. The molecule has 0 amide bonds. The third-order valence-electron chi connectivity index (χ3n) is 2.62. The normalized spacial score (nSPS) is 10.3. The van der Waals surface area contributed by atoms with Gasteiger partial charge in [0.25, 0.3) is 5.88 Å². The molecule has 8 nitrogen and oxygen atoms in total. The van der Waals surface area contributed by atoms with Crippen LogP contribution in [0.5, 0.6) is 5.88 Å². The highest BCUT2D eigenvalue weighted by atomic mass is 16.6. The summed E-state index contributed by atoms with van der Waals surface area (Å²) in [4.78, 5) is 18.7. The van der Waals surface area contributed by atoms with E-state index in [9.17, 15) is 10.1 Å². The molecule has 0 saturated heterocycles. The topological polar surface area (TPSA) is 99.4 Å². The minimum Gasteiger partial charge on any atom is -0.476 e. The molecule has 1 aromatic rings. The highest BCUT2D eigenvalue weighted by Gasteiger charge is 2.25. The van der Waals surface area contributed by atoms with Crippen molar-refractivity contribution in [2.45, 2.75) is 32.8 Å². The second kappa shape index (κ2) is 8.26. The number of hydrogen-bond acceptors (Lipinski definition) is 7. The zero-order valence-electron chi connectivity index (χ0n) is 12.0. The highest BCUT2D eigenvalue weighted by molar-refractivity contribution is 5.61. The van der Waals surface area contributed by atoms with Crippen LogP contribution in [0.15, 0.2) is 0 Å². The molecule has 0 saturated carbocycles. The predicted molar refractivity (Wildman–Crippen MR) is 74.0 cm³/mol. The number of nitrogens with zero attached hydrogens (tertiary/aromatic N) is 3. The molecule has 1 N–H and O–H groups in total. The first kappa shape index (κ1) is 16.1. The first-order valence-electron chi connectivity index (χ1n) is 6.46. The van der Waals surface area contributed by atoms with Gasteiger partial charge in [-0.2, -0.15) is 4.98 Å². The van der Waals surface area contributed by atoms with Gasteiger partial charge in [0, 0.05) is 13.7 Å². The number of unbranched alkanes of at least 4 members (excludes halogenated alkanes) is 2. The van der Waals surface area contributed by atoms with Crippen LogP contribution in [-0.4, -0.2) is 35.7 Å². The Morgan fingerprint density at radius 2 is 2.05 bits per heavy atom. The summed E-state index contributed by atoms with van der Waals surface area (Å²) in [5.74, 6) is 0.452. The van der Waals surface area contributed by atoms with E-state index in [4.69, 9.17) is 9.47 Å². The van der Waals surface area contributed by atoms with Crippen LogP contribution < -0.4 is 10.1 Å².